The molecule has 3 N–H and O–H groups in total. The zero-order chi connectivity index (χ0) is 15.6. The van der Waals surface area contributed by atoms with E-state index in [2.05, 4.69) is 41.4 Å². The molecule has 0 aliphatic heterocycles. The highest BCUT2D eigenvalue weighted by Gasteiger charge is 2.21. The molecule has 0 radical (unpaired) electrons. The lowest BCUT2D eigenvalue weighted by atomic mass is 10.0. The van der Waals surface area contributed by atoms with Gasteiger partial charge in [-0.2, -0.15) is 10.2 Å². The number of nitrogens with zero attached hydrogens (tertiary/aromatic N) is 5. The van der Waals surface area contributed by atoms with E-state index in [1.165, 1.54) is 0 Å². The summed E-state index contributed by atoms with van der Waals surface area (Å²) in [6.07, 6.45) is 2.30. The van der Waals surface area contributed by atoms with Crippen molar-refractivity contribution in [1.82, 2.24) is 30.0 Å². The molecule has 1 atom stereocenters. The Balaban J connectivity index is 2.26. The highest BCUT2D eigenvalue weighted by molar-refractivity contribution is 5.28. The summed E-state index contributed by atoms with van der Waals surface area (Å²) in [6, 6.07) is -0.0196. The molecule has 0 saturated heterocycles. The Morgan fingerprint density at radius 3 is 2.57 bits per heavy atom. The van der Waals surface area contributed by atoms with Crippen molar-refractivity contribution in [3.05, 3.63) is 29.1 Å². The Bertz CT molecular complexity index is 596. The van der Waals surface area contributed by atoms with Gasteiger partial charge in [0, 0.05) is 31.3 Å². The number of nitrogens with one attached hydrogen (secondary N) is 1. The second-order valence-corrected chi connectivity index (χ2v) is 5.88. The van der Waals surface area contributed by atoms with Crippen LogP contribution in [0.15, 0.2) is 6.33 Å². The molecule has 21 heavy (non-hydrogen) atoms. The Labute approximate surface area is 125 Å². The fraction of sp³-hybridized carbons (Fsp3) is 0.643. The van der Waals surface area contributed by atoms with Crippen LogP contribution in [0.5, 0.6) is 0 Å². The van der Waals surface area contributed by atoms with E-state index in [-0.39, 0.29) is 6.04 Å². The van der Waals surface area contributed by atoms with E-state index in [0.29, 0.717) is 12.3 Å². The Morgan fingerprint density at radius 1 is 1.33 bits per heavy atom. The molecular weight excluding hydrogens is 266 g/mol. The van der Waals surface area contributed by atoms with Crippen LogP contribution in [0.2, 0.25) is 0 Å². The van der Waals surface area contributed by atoms with E-state index in [0.717, 1.165) is 29.3 Å². The zero-order valence-electron chi connectivity index (χ0n) is 13.5. The molecule has 0 spiro atoms. The van der Waals surface area contributed by atoms with Crippen LogP contribution in [-0.2, 0) is 20.0 Å². The minimum Gasteiger partial charge on any atom is -0.272 e. The Kier molecular flexibility index (Phi) is 4.74. The van der Waals surface area contributed by atoms with Crippen LogP contribution in [0, 0.1) is 19.8 Å². The van der Waals surface area contributed by atoms with E-state index in [9.17, 15) is 0 Å². The van der Waals surface area contributed by atoms with E-state index in [1.807, 2.05) is 23.3 Å². The maximum absolute atomic E-state index is 5.78. The number of hydrogen-bond donors (Lipinski definition) is 2. The molecular formula is C14H25N7. The average Bonchev–Trinajstić information content (AvgIpc) is 2.93. The van der Waals surface area contributed by atoms with Crippen LogP contribution in [0.3, 0.4) is 0 Å². The van der Waals surface area contributed by atoms with Gasteiger partial charge in [-0.25, -0.2) is 9.67 Å². The highest BCUT2D eigenvalue weighted by atomic mass is 15.3. The SMILES string of the molecule is Cc1nn(C)c(C)c1C(Cc1ncnn1CC(C)C)NN. The number of hydrazine groups is 1. The van der Waals surface area contributed by atoms with Gasteiger partial charge in [0.2, 0.25) is 0 Å². The molecule has 0 bridgehead atoms. The van der Waals surface area contributed by atoms with Gasteiger partial charge in [-0.1, -0.05) is 13.8 Å². The lowest BCUT2D eigenvalue weighted by molar-refractivity contribution is 0.445. The van der Waals surface area contributed by atoms with Gasteiger partial charge in [-0.15, -0.1) is 0 Å². The van der Waals surface area contributed by atoms with Gasteiger partial charge >= 0.3 is 0 Å². The number of aryl methyl sites for hydroxylation is 2. The molecule has 0 amide bonds. The van der Waals surface area contributed by atoms with E-state index in [4.69, 9.17) is 5.84 Å². The monoisotopic (exact) mass is 291 g/mol. The van der Waals surface area contributed by atoms with Crippen LogP contribution in [0.1, 0.15) is 42.7 Å². The largest absolute Gasteiger partial charge is 0.272 e. The normalized spacial score (nSPS) is 13.1. The minimum absolute atomic E-state index is 0.0196. The summed E-state index contributed by atoms with van der Waals surface area (Å²) in [4.78, 5) is 4.38. The van der Waals surface area contributed by atoms with Crippen LogP contribution in [-0.4, -0.2) is 24.5 Å². The van der Waals surface area contributed by atoms with Gasteiger partial charge in [0.15, 0.2) is 0 Å². The number of rotatable bonds is 6. The van der Waals surface area contributed by atoms with Crippen molar-refractivity contribution in [3.8, 4) is 0 Å². The highest BCUT2D eigenvalue weighted by Crippen LogP contribution is 2.23. The maximum atomic E-state index is 5.78. The van der Waals surface area contributed by atoms with Crippen LogP contribution < -0.4 is 11.3 Å². The zero-order valence-corrected chi connectivity index (χ0v) is 13.5. The standard InChI is InChI=1S/C14H25N7/c1-9(2)7-21-13(16-8-17-21)6-12(18-15)14-10(3)19-20(5)11(14)4/h8-9,12,18H,6-7,15H2,1-5H3. The lowest BCUT2D eigenvalue weighted by Gasteiger charge is -2.17. The molecule has 0 fully saturated rings. The van der Waals surface area contributed by atoms with Crippen LogP contribution >= 0.6 is 0 Å². The smallest absolute Gasteiger partial charge is 0.138 e. The van der Waals surface area contributed by atoms with Crippen molar-refractivity contribution < 1.29 is 0 Å². The molecule has 0 aliphatic carbocycles. The number of aromatic nitrogens is 5. The third-order valence-electron chi connectivity index (χ3n) is 3.74. The second-order valence-electron chi connectivity index (χ2n) is 5.88. The first kappa shape index (κ1) is 15.7. The molecule has 1 unspecified atom stereocenters. The van der Waals surface area contributed by atoms with Crippen molar-refractivity contribution in [2.24, 2.45) is 18.8 Å². The molecule has 116 valence electrons. The van der Waals surface area contributed by atoms with Crippen molar-refractivity contribution in [3.63, 3.8) is 0 Å². The summed E-state index contributed by atoms with van der Waals surface area (Å²) in [5.41, 5.74) is 6.15. The third kappa shape index (κ3) is 3.30. The van der Waals surface area contributed by atoms with Crippen molar-refractivity contribution >= 4 is 0 Å². The minimum atomic E-state index is -0.0196. The Hall–Kier alpha value is -1.73. The molecule has 0 aliphatic rings. The topological polar surface area (TPSA) is 86.6 Å². The first-order chi connectivity index (χ1) is 9.93. The lowest BCUT2D eigenvalue weighted by Crippen LogP contribution is -2.31. The summed E-state index contributed by atoms with van der Waals surface area (Å²) in [6.45, 7) is 9.25. The molecule has 7 heteroatoms. The van der Waals surface area contributed by atoms with Crippen molar-refractivity contribution in [2.45, 2.75) is 46.7 Å². The van der Waals surface area contributed by atoms with Crippen molar-refractivity contribution in [2.75, 3.05) is 0 Å². The van der Waals surface area contributed by atoms with Crippen LogP contribution in [0.4, 0.5) is 0 Å². The molecule has 2 aromatic rings. The summed E-state index contributed by atoms with van der Waals surface area (Å²) in [5, 5.41) is 8.76. The van der Waals surface area contributed by atoms with E-state index in [1.54, 1.807) is 6.33 Å². The maximum Gasteiger partial charge on any atom is 0.138 e. The first-order valence-corrected chi connectivity index (χ1v) is 7.27. The molecule has 7 nitrogen and oxygen atoms in total. The van der Waals surface area contributed by atoms with Gasteiger partial charge in [-0.3, -0.25) is 16.0 Å². The summed E-state index contributed by atoms with van der Waals surface area (Å²) >= 11 is 0. The summed E-state index contributed by atoms with van der Waals surface area (Å²) in [5.74, 6) is 7.24. The van der Waals surface area contributed by atoms with E-state index < -0.39 is 0 Å². The molecule has 0 saturated carbocycles. The quantitative estimate of drug-likeness (QED) is 0.613. The first-order valence-electron chi connectivity index (χ1n) is 7.27. The van der Waals surface area contributed by atoms with Crippen LogP contribution in [0.25, 0.3) is 0 Å². The van der Waals surface area contributed by atoms with Gasteiger partial charge in [-0.05, 0) is 19.8 Å². The third-order valence-corrected chi connectivity index (χ3v) is 3.74. The summed E-state index contributed by atoms with van der Waals surface area (Å²) < 4.78 is 3.84. The predicted molar refractivity (Wildman–Crippen MR) is 81.3 cm³/mol. The van der Waals surface area contributed by atoms with Gasteiger partial charge in [0.1, 0.15) is 12.2 Å². The Morgan fingerprint density at radius 2 is 2.05 bits per heavy atom. The molecule has 2 aromatic heterocycles. The predicted octanol–water partition coefficient (Wildman–Crippen LogP) is 1.03. The van der Waals surface area contributed by atoms with Crippen molar-refractivity contribution in [1.29, 1.82) is 0 Å². The summed E-state index contributed by atoms with van der Waals surface area (Å²) in [7, 11) is 1.95. The van der Waals surface area contributed by atoms with Gasteiger partial charge < -0.3 is 0 Å². The number of nitrogens with two attached hydrogens (primary N) is 1. The molecule has 2 heterocycles. The number of hydrogen-bond acceptors (Lipinski definition) is 5. The second kappa shape index (κ2) is 6.36. The fourth-order valence-electron chi connectivity index (χ4n) is 2.67. The molecule has 0 aromatic carbocycles. The average molecular weight is 291 g/mol. The van der Waals surface area contributed by atoms with E-state index >= 15 is 0 Å². The van der Waals surface area contributed by atoms with Gasteiger partial charge in [0.05, 0.1) is 11.7 Å². The fourth-order valence-corrected chi connectivity index (χ4v) is 2.67. The van der Waals surface area contributed by atoms with Gasteiger partial charge in [0.25, 0.3) is 0 Å². The molecule has 2 rings (SSSR count).